The molecule has 0 aliphatic carbocycles. The number of ether oxygens (including phenoxy) is 1. The van der Waals surface area contributed by atoms with Gasteiger partial charge in [0.15, 0.2) is 16.4 Å². The summed E-state index contributed by atoms with van der Waals surface area (Å²) in [6.45, 7) is 1.19. The normalized spacial score (nSPS) is 13.6. The fourth-order valence-corrected chi connectivity index (χ4v) is 4.00. The molecule has 0 atom stereocenters. The van der Waals surface area contributed by atoms with Crippen molar-refractivity contribution in [1.82, 2.24) is 0 Å². The van der Waals surface area contributed by atoms with Gasteiger partial charge in [0.2, 0.25) is 0 Å². The van der Waals surface area contributed by atoms with Crippen LogP contribution in [0.3, 0.4) is 0 Å². The van der Waals surface area contributed by atoms with E-state index in [1.54, 1.807) is 18.2 Å². The first kappa shape index (κ1) is 22.2. The van der Waals surface area contributed by atoms with Gasteiger partial charge in [-0.2, -0.15) is 5.26 Å². The second-order valence-electron chi connectivity index (χ2n) is 7.25. The number of carboxylic acids is 1. The molecule has 1 aliphatic heterocycles. The number of piperidine rings is 1. The summed E-state index contributed by atoms with van der Waals surface area (Å²) in [5, 5.41) is 18.1. The highest BCUT2D eigenvalue weighted by Crippen LogP contribution is 2.27. The number of nitrogens with zero attached hydrogens (tertiary/aromatic N) is 2. The molecule has 0 saturated carbocycles. The highest BCUT2D eigenvalue weighted by Gasteiger charge is 2.17. The van der Waals surface area contributed by atoms with E-state index in [0.29, 0.717) is 16.7 Å². The van der Waals surface area contributed by atoms with E-state index in [0.717, 1.165) is 44.3 Å². The van der Waals surface area contributed by atoms with E-state index in [9.17, 15) is 18.5 Å². The molecular formula is C23H22N2O5S. The van der Waals surface area contributed by atoms with Crippen LogP contribution in [0.2, 0.25) is 0 Å². The first-order chi connectivity index (χ1) is 14.8. The first-order valence-corrected chi connectivity index (χ1v) is 11.7. The van der Waals surface area contributed by atoms with Crippen molar-refractivity contribution in [2.45, 2.75) is 24.2 Å². The van der Waals surface area contributed by atoms with Crippen LogP contribution >= 0.6 is 0 Å². The van der Waals surface area contributed by atoms with Crippen molar-refractivity contribution in [2.75, 3.05) is 30.9 Å². The SMILES string of the molecule is CS(=O)(=O)c1ccc(N2CCCCC2)c(C#Cc2cc(C#N)ccc2OCC(=O)O)c1. The summed E-state index contributed by atoms with van der Waals surface area (Å²) < 4.78 is 29.4. The van der Waals surface area contributed by atoms with E-state index in [4.69, 9.17) is 9.84 Å². The monoisotopic (exact) mass is 438 g/mol. The Morgan fingerprint density at radius 1 is 1.10 bits per heavy atom. The number of nitriles is 1. The van der Waals surface area contributed by atoms with Crippen molar-refractivity contribution in [1.29, 1.82) is 5.26 Å². The standard InChI is InChI=1S/C23H22N2O5S/c1-31(28,29)20-8-9-21(25-11-3-2-4-12-25)18(14-20)6-7-19-13-17(15-24)5-10-22(19)30-16-23(26)27/h5,8-10,13-14H,2-4,11-12,16H2,1H3,(H,26,27). The van der Waals surface area contributed by atoms with Gasteiger partial charge in [-0.25, -0.2) is 13.2 Å². The van der Waals surface area contributed by atoms with Gasteiger partial charge >= 0.3 is 5.97 Å². The zero-order chi connectivity index (χ0) is 22.4. The number of carboxylic acid groups (broad SMARTS) is 1. The van der Waals surface area contributed by atoms with Gasteiger partial charge in [-0.3, -0.25) is 0 Å². The lowest BCUT2D eigenvalue weighted by atomic mass is 10.1. The fraction of sp³-hybridized carbons (Fsp3) is 0.304. The molecular weight excluding hydrogens is 416 g/mol. The third-order valence-electron chi connectivity index (χ3n) is 4.88. The van der Waals surface area contributed by atoms with Crippen LogP contribution in [0.4, 0.5) is 5.69 Å². The zero-order valence-electron chi connectivity index (χ0n) is 17.1. The molecule has 1 saturated heterocycles. The Labute approximate surface area is 181 Å². The molecule has 0 spiro atoms. The maximum absolute atomic E-state index is 12.1. The number of benzene rings is 2. The Balaban J connectivity index is 2.07. The molecule has 1 N–H and O–H groups in total. The minimum atomic E-state index is -3.41. The molecule has 31 heavy (non-hydrogen) atoms. The first-order valence-electron chi connectivity index (χ1n) is 9.78. The third-order valence-corrected chi connectivity index (χ3v) is 5.99. The Morgan fingerprint density at radius 3 is 2.45 bits per heavy atom. The van der Waals surface area contributed by atoms with Crippen molar-refractivity contribution >= 4 is 21.5 Å². The van der Waals surface area contributed by atoms with Crippen LogP contribution < -0.4 is 9.64 Å². The van der Waals surface area contributed by atoms with Crippen molar-refractivity contribution < 1.29 is 23.1 Å². The largest absolute Gasteiger partial charge is 0.481 e. The van der Waals surface area contributed by atoms with Crippen LogP contribution in [-0.4, -0.2) is 45.4 Å². The molecule has 0 radical (unpaired) electrons. The molecule has 0 unspecified atom stereocenters. The van der Waals surface area contributed by atoms with Crippen LogP contribution in [0, 0.1) is 23.2 Å². The van der Waals surface area contributed by atoms with E-state index < -0.39 is 22.4 Å². The number of sulfone groups is 1. The fourth-order valence-electron chi connectivity index (χ4n) is 3.35. The zero-order valence-corrected chi connectivity index (χ0v) is 17.9. The van der Waals surface area contributed by atoms with E-state index in [2.05, 4.69) is 16.7 Å². The van der Waals surface area contributed by atoms with Gasteiger partial charge < -0.3 is 14.7 Å². The minimum absolute atomic E-state index is 0.172. The molecule has 3 rings (SSSR count). The maximum atomic E-state index is 12.1. The van der Waals surface area contributed by atoms with Crippen LogP contribution in [0.15, 0.2) is 41.3 Å². The Hall–Kier alpha value is -3.49. The van der Waals surface area contributed by atoms with Gasteiger partial charge in [0.1, 0.15) is 5.75 Å². The number of anilines is 1. The predicted octanol–water partition coefficient (Wildman–Crippen LogP) is 2.82. The lowest BCUT2D eigenvalue weighted by molar-refractivity contribution is -0.139. The van der Waals surface area contributed by atoms with Crippen LogP contribution in [0.5, 0.6) is 5.75 Å². The molecule has 7 nitrogen and oxygen atoms in total. The van der Waals surface area contributed by atoms with Gasteiger partial charge in [-0.1, -0.05) is 11.8 Å². The van der Waals surface area contributed by atoms with Crippen molar-refractivity contribution in [2.24, 2.45) is 0 Å². The van der Waals surface area contributed by atoms with Crippen LogP contribution in [0.25, 0.3) is 0 Å². The van der Waals surface area contributed by atoms with Gasteiger partial charge in [-0.05, 0) is 55.7 Å². The quantitative estimate of drug-likeness (QED) is 0.715. The van der Waals surface area contributed by atoms with Gasteiger partial charge in [0.05, 0.1) is 27.8 Å². The maximum Gasteiger partial charge on any atom is 0.341 e. The van der Waals surface area contributed by atoms with Gasteiger partial charge in [0, 0.05) is 24.9 Å². The third kappa shape index (κ3) is 5.78. The average molecular weight is 439 g/mol. The van der Waals surface area contributed by atoms with E-state index in [1.165, 1.54) is 18.2 Å². The van der Waals surface area contributed by atoms with Gasteiger partial charge in [0.25, 0.3) is 0 Å². The Bertz CT molecular complexity index is 1200. The molecule has 0 bridgehead atoms. The molecule has 0 amide bonds. The van der Waals surface area contributed by atoms with E-state index in [1.807, 2.05) is 6.07 Å². The molecule has 1 heterocycles. The lowest BCUT2D eigenvalue weighted by Gasteiger charge is -2.29. The number of aliphatic carboxylic acids is 1. The number of hydrogen-bond donors (Lipinski definition) is 1. The van der Waals surface area contributed by atoms with Crippen molar-refractivity contribution in [3.8, 4) is 23.7 Å². The highest BCUT2D eigenvalue weighted by molar-refractivity contribution is 7.90. The predicted molar refractivity (Wildman–Crippen MR) is 116 cm³/mol. The summed E-state index contributed by atoms with van der Waals surface area (Å²) >= 11 is 0. The second kappa shape index (κ2) is 9.55. The molecule has 2 aromatic rings. The average Bonchev–Trinajstić information content (AvgIpc) is 2.76. The van der Waals surface area contributed by atoms with Crippen LogP contribution in [-0.2, 0) is 14.6 Å². The summed E-state index contributed by atoms with van der Waals surface area (Å²) in [7, 11) is -3.41. The van der Waals surface area contributed by atoms with Gasteiger partial charge in [-0.15, -0.1) is 0 Å². The number of hydrogen-bond acceptors (Lipinski definition) is 6. The second-order valence-corrected chi connectivity index (χ2v) is 9.27. The molecule has 0 aromatic heterocycles. The van der Waals surface area contributed by atoms with E-state index in [-0.39, 0.29) is 10.6 Å². The lowest BCUT2D eigenvalue weighted by Crippen LogP contribution is -2.30. The number of carbonyl (C=O) groups is 1. The van der Waals surface area contributed by atoms with E-state index >= 15 is 0 Å². The topological polar surface area (TPSA) is 108 Å². The van der Waals surface area contributed by atoms with Crippen molar-refractivity contribution in [3.63, 3.8) is 0 Å². The summed E-state index contributed by atoms with van der Waals surface area (Å²) in [6.07, 6.45) is 4.41. The highest BCUT2D eigenvalue weighted by atomic mass is 32.2. The summed E-state index contributed by atoms with van der Waals surface area (Å²) in [5.41, 5.74) is 2.11. The summed E-state index contributed by atoms with van der Waals surface area (Å²) in [4.78, 5) is 13.2. The number of rotatable bonds is 5. The summed E-state index contributed by atoms with van der Waals surface area (Å²) in [6, 6.07) is 11.5. The molecule has 2 aromatic carbocycles. The smallest absolute Gasteiger partial charge is 0.341 e. The minimum Gasteiger partial charge on any atom is -0.481 e. The molecule has 1 aliphatic rings. The molecule has 1 fully saturated rings. The van der Waals surface area contributed by atoms with Crippen molar-refractivity contribution in [3.05, 3.63) is 53.1 Å². The summed E-state index contributed by atoms with van der Waals surface area (Å²) in [5.74, 6) is 5.09. The Morgan fingerprint density at radius 2 is 1.81 bits per heavy atom. The molecule has 160 valence electrons. The van der Waals surface area contributed by atoms with Crippen LogP contribution in [0.1, 0.15) is 36.0 Å². The molecule has 8 heteroatoms. The Kier molecular flexibility index (Phi) is 6.84.